The number of benzene rings is 1. The van der Waals surface area contributed by atoms with E-state index in [1.807, 2.05) is 13.8 Å². The minimum atomic E-state index is -0.843. The van der Waals surface area contributed by atoms with Crippen LogP contribution in [-0.4, -0.2) is 18.8 Å². The van der Waals surface area contributed by atoms with Crippen LogP contribution < -0.4 is 11.3 Å². The molecule has 0 aliphatic carbocycles. The largest absolute Gasteiger partial charge is 0.377 e. The van der Waals surface area contributed by atoms with Crippen molar-refractivity contribution in [2.45, 2.75) is 44.8 Å². The second-order valence-electron chi connectivity index (χ2n) is 4.65. The first-order valence-electron chi connectivity index (χ1n) is 6.48. The highest BCUT2D eigenvalue weighted by Gasteiger charge is 2.35. The highest BCUT2D eigenvalue weighted by molar-refractivity contribution is 5.19. The first-order valence-corrected chi connectivity index (χ1v) is 6.48. The Morgan fingerprint density at radius 1 is 1.26 bits per heavy atom. The SMILES string of the molecule is CCC(CC)(OC)C(Cc1ccc(F)c(F)c1)NN. The van der Waals surface area contributed by atoms with E-state index in [0.717, 1.165) is 18.9 Å². The fourth-order valence-corrected chi connectivity index (χ4v) is 2.47. The second kappa shape index (κ2) is 6.93. The summed E-state index contributed by atoms with van der Waals surface area (Å²) in [5, 5.41) is 0. The maximum Gasteiger partial charge on any atom is 0.159 e. The Labute approximate surface area is 113 Å². The van der Waals surface area contributed by atoms with Crippen LogP contribution in [0.5, 0.6) is 0 Å². The van der Waals surface area contributed by atoms with Crippen LogP contribution in [0.25, 0.3) is 0 Å². The smallest absolute Gasteiger partial charge is 0.159 e. The third kappa shape index (κ3) is 3.49. The normalized spacial score (nSPS) is 13.6. The molecule has 0 spiro atoms. The first-order chi connectivity index (χ1) is 9.02. The highest BCUT2D eigenvalue weighted by atomic mass is 19.2. The molecule has 0 aromatic heterocycles. The molecule has 108 valence electrons. The Morgan fingerprint density at radius 3 is 2.32 bits per heavy atom. The van der Waals surface area contributed by atoms with Gasteiger partial charge in [-0.2, -0.15) is 0 Å². The predicted molar refractivity (Wildman–Crippen MR) is 71.5 cm³/mol. The highest BCUT2D eigenvalue weighted by Crippen LogP contribution is 2.26. The number of hydrogen-bond donors (Lipinski definition) is 2. The van der Waals surface area contributed by atoms with E-state index >= 15 is 0 Å². The van der Waals surface area contributed by atoms with Crippen molar-refractivity contribution in [3.63, 3.8) is 0 Å². The van der Waals surface area contributed by atoms with Crippen molar-refractivity contribution in [3.8, 4) is 0 Å². The molecule has 1 aromatic rings. The van der Waals surface area contributed by atoms with Crippen LogP contribution in [0.4, 0.5) is 8.78 Å². The van der Waals surface area contributed by atoms with Crippen LogP contribution in [0.2, 0.25) is 0 Å². The van der Waals surface area contributed by atoms with Gasteiger partial charge in [0.2, 0.25) is 0 Å². The average molecular weight is 272 g/mol. The fraction of sp³-hybridized carbons (Fsp3) is 0.571. The molecule has 3 nitrogen and oxygen atoms in total. The molecule has 0 saturated heterocycles. The van der Waals surface area contributed by atoms with Gasteiger partial charge in [-0.1, -0.05) is 19.9 Å². The molecule has 0 heterocycles. The second-order valence-corrected chi connectivity index (χ2v) is 4.65. The van der Waals surface area contributed by atoms with E-state index in [-0.39, 0.29) is 6.04 Å². The van der Waals surface area contributed by atoms with Crippen molar-refractivity contribution in [1.29, 1.82) is 0 Å². The molecular formula is C14H22F2N2O. The summed E-state index contributed by atoms with van der Waals surface area (Å²) in [7, 11) is 1.64. The van der Waals surface area contributed by atoms with Crippen LogP contribution in [0.1, 0.15) is 32.3 Å². The van der Waals surface area contributed by atoms with Gasteiger partial charge in [-0.3, -0.25) is 11.3 Å². The molecule has 5 heteroatoms. The number of hydrazine groups is 1. The molecule has 1 aromatic carbocycles. The molecule has 3 N–H and O–H groups in total. The van der Waals surface area contributed by atoms with E-state index in [1.54, 1.807) is 13.2 Å². The lowest BCUT2D eigenvalue weighted by molar-refractivity contribution is -0.0473. The van der Waals surface area contributed by atoms with Gasteiger partial charge in [-0.05, 0) is 37.0 Å². The van der Waals surface area contributed by atoms with E-state index in [0.29, 0.717) is 12.0 Å². The summed E-state index contributed by atoms with van der Waals surface area (Å²) in [4.78, 5) is 0. The Kier molecular flexibility index (Phi) is 5.85. The quantitative estimate of drug-likeness (QED) is 0.592. The van der Waals surface area contributed by atoms with Crippen LogP contribution in [0, 0.1) is 11.6 Å². The molecule has 0 aliphatic rings. The van der Waals surface area contributed by atoms with E-state index in [2.05, 4.69) is 5.43 Å². The Morgan fingerprint density at radius 2 is 1.89 bits per heavy atom. The summed E-state index contributed by atoms with van der Waals surface area (Å²) < 4.78 is 31.7. The summed E-state index contributed by atoms with van der Waals surface area (Å²) in [5.74, 6) is 3.92. The van der Waals surface area contributed by atoms with Gasteiger partial charge >= 0.3 is 0 Å². The minimum absolute atomic E-state index is 0.169. The summed E-state index contributed by atoms with van der Waals surface area (Å²) in [5.41, 5.74) is 3.01. The van der Waals surface area contributed by atoms with Gasteiger partial charge in [-0.25, -0.2) is 8.78 Å². The maximum absolute atomic E-state index is 13.2. The van der Waals surface area contributed by atoms with Crippen molar-refractivity contribution in [3.05, 3.63) is 35.4 Å². The van der Waals surface area contributed by atoms with Crippen molar-refractivity contribution in [2.24, 2.45) is 5.84 Å². The molecule has 19 heavy (non-hydrogen) atoms. The Bertz CT molecular complexity index is 400. The van der Waals surface area contributed by atoms with Crippen molar-refractivity contribution < 1.29 is 13.5 Å². The van der Waals surface area contributed by atoms with Gasteiger partial charge in [0, 0.05) is 7.11 Å². The molecular weight excluding hydrogens is 250 g/mol. The summed E-state index contributed by atoms with van der Waals surface area (Å²) in [6.45, 7) is 4.03. The van der Waals surface area contributed by atoms with Gasteiger partial charge in [-0.15, -0.1) is 0 Å². The van der Waals surface area contributed by atoms with E-state index in [4.69, 9.17) is 10.6 Å². The molecule has 0 fully saturated rings. The summed E-state index contributed by atoms with van der Waals surface area (Å²) in [6, 6.07) is 3.72. The lowest BCUT2D eigenvalue weighted by atomic mass is 9.85. The molecule has 1 atom stereocenters. The van der Waals surface area contributed by atoms with Gasteiger partial charge in [0.15, 0.2) is 11.6 Å². The molecule has 0 saturated carbocycles. The standard InChI is InChI=1S/C14H22F2N2O/c1-4-14(5-2,19-3)13(18-17)9-10-6-7-11(15)12(16)8-10/h6-8,13,18H,4-5,9,17H2,1-3H3. The number of ether oxygens (including phenoxy) is 1. The van der Waals surface area contributed by atoms with E-state index in [9.17, 15) is 8.78 Å². The third-order valence-electron chi connectivity index (χ3n) is 3.86. The molecule has 0 amide bonds. The lowest BCUT2D eigenvalue weighted by Gasteiger charge is -2.38. The number of rotatable bonds is 7. The minimum Gasteiger partial charge on any atom is -0.377 e. The van der Waals surface area contributed by atoms with Gasteiger partial charge in [0.05, 0.1) is 11.6 Å². The van der Waals surface area contributed by atoms with Crippen molar-refractivity contribution >= 4 is 0 Å². The van der Waals surface area contributed by atoms with Crippen LogP contribution in [0.15, 0.2) is 18.2 Å². The average Bonchev–Trinajstić information content (AvgIpc) is 2.43. The maximum atomic E-state index is 13.2. The van der Waals surface area contributed by atoms with Gasteiger partial charge < -0.3 is 4.74 Å². The van der Waals surface area contributed by atoms with Crippen molar-refractivity contribution in [2.75, 3.05) is 7.11 Å². The van der Waals surface area contributed by atoms with Crippen LogP contribution >= 0.6 is 0 Å². The fourth-order valence-electron chi connectivity index (χ4n) is 2.47. The lowest BCUT2D eigenvalue weighted by Crippen LogP contribution is -2.55. The van der Waals surface area contributed by atoms with Gasteiger partial charge in [0.1, 0.15) is 0 Å². The molecule has 0 radical (unpaired) electrons. The van der Waals surface area contributed by atoms with E-state index in [1.165, 1.54) is 6.07 Å². The Hall–Kier alpha value is -1.04. The van der Waals surface area contributed by atoms with Gasteiger partial charge in [0.25, 0.3) is 0 Å². The molecule has 1 unspecified atom stereocenters. The molecule has 0 bridgehead atoms. The zero-order valence-corrected chi connectivity index (χ0v) is 11.7. The number of methoxy groups -OCH3 is 1. The number of hydrogen-bond acceptors (Lipinski definition) is 3. The Balaban J connectivity index is 2.95. The summed E-state index contributed by atoms with van der Waals surface area (Å²) >= 11 is 0. The molecule has 1 rings (SSSR count). The third-order valence-corrected chi connectivity index (χ3v) is 3.86. The number of nitrogens with two attached hydrogens (primary N) is 1. The van der Waals surface area contributed by atoms with Crippen molar-refractivity contribution in [1.82, 2.24) is 5.43 Å². The first kappa shape index (κ1) is 16.0. The van der Waals surface area contributed by atoms with E-state index < -0.39 is 17.2 Å². The zero-order valence-electron chi connectivity index (χ0n) is 11.7. The monoisotopic (exact) mass is 272 g/mol. The van der Waals surface area contributed by atoms with Crippen LogP contribution in [0.3, 0.4) is 0 Å². The topological polar surface area (TPSA) is 47.3 Å². The number of nitrogens with one attached hydrogen (secondary N) is 1. The molecule has 0 aliphatic heterocycles. The summed E-state index contributed by atoms with van der Waals surface area (Å²) in [6.07, 6.45) is 2.03. The number of halogens is 2. The van der Waals surface area contributed by atoms with Crippen LogP contribution in [-0.2, 0) is 11.2 Å². The predicted octanol–water partition coefficient (Wildman–Crippen LogP) is 2.54. The zero-order chi connectivity index (χ0) is 14.5.